The second-order valence-corrected chi connectivity index (χ2v) is 6.94. The quantitative estimate of drug-likeness (QED) is 0.689. The average molecular weight is 389 g/mol. The highest BCUT2D eigenvalue weighted by atomic mass is 16.6. The summed E-state index contributed by atoms with van der Waals surface area (Å²) in [5.41, 5.74) is 2.10. The first-order chi connectivity index (χ1) is 14.2. The first-order valence-corrected chi connectivity index (χ1v) is 9.65. The maximum absolute atomic E-state index is 12.6. The fraction of sp³-hybridized carbons (Fsp3) is 0.208. The van der Waals surface area contributed by atoms with Crippen LogP contribution in [0.1, 0.15) is 18.1 Å². The number of rotatable bonds is 6. The number of nitrogens with one attached hydrogen (secondary N) is 1. The zero-order chi connectivity index (χ0) is 20.1. The van der Waals surface area contributed by atoms with E-state index in [2.05, 4.69) is 5.32 Å². The van der Waals surface area contributed by atoms with Gasteiger partial charge in [-0.05, 0) is 42.3 Å². The Kier molecular flexibility index (Phi) is 5.66. The summed E-state index contributed by atoms with van der Waals surface area (Å²) in [5.74, 6) is 1.84. The van der Waals surface area contributed by atoms with Gasteiger partial charge in [0, 0.05) is 6.54 Å². The average Bonchev–Trinajstić information content (AvgIpc) is 2.77. The fourth-order valence-corrected chi connectivity index (χ4v) is 3.14. The molecule has 5 heteroatoms. The number of ether oxygens (including phenoxy) is 3. The van der Waals surface area contributed by atoms with Crippen molar-refractivity contribution in [1.82, 2.24) is 5.32 Å². The molecular weight excluding hydrogens is 366 g/mol. The summed E-state index contributed by atoms with van der Waals surface area (Å²) in [6, 6.07) is 25.1. The minimum Gasteiger partial charge on any atom is -0.489 e. The number of hydrogen-bond donors (Lipinski definition) is 1. The fourth-order valence-electron chi connectivity index (χ4n) is 3.14. The lowest BCUT2D eigenvalue weighted by atomic mass is 10.1. The Morgan fingerprint density at radius 3 is 2.24 bits per heavy atom. The molecule has 29 heavy (non-hydrogen) atoms. The van der Waals surface area contributed by atoms with Crippen LogP contribution in [0.2, 0.25) is 0 Å². The summed E-state index contributed by atoms with van der Waals surface area (Å²) < 4.78 is 17.4. The summed E-state index contributed by atoms with van der Waals surface area (Å²) in [6.07, 6.45) is -1.04. The Hall–Kier alpha value is -3.47. The maximum atomic E-state index is 12.6. The molecule has 4 rings (SSSR count). The van der Waals surface area contributed by atoms with E-state index in [1.54, 1.807) is 6.07 Å². The van der Waals surface area contributed by atoms with Gasteiger partial charge in [-0.2, -0.15) is 0 Å². The lowest BCUT2D eigenvalue weighted by Crippen LogP contribution is -2.48. The molecule has 3 aromatic rings. The number of fused-ring (bicyclic) bond motifs is 1. The molecule has 0 aliphatic carbocycles. The molecule has 0 spiro atoms. The van der Waals surface area contributed by atoms with Gasteiger partial charge in [-0.1, -0.05) is 54.6 Å². The van der Waals surface area contributed by atoms with Crippen molar-refractivity contribution in [2.75, 3.05) is 0 Å². The van der Waals surface area contributed by atoms with E-state index in [0.717, 1.165) is 16.9 Å². The zero-order valence-corrected chi connectivity index (χ0v) is 16.2. The predicted octanol–water partition coefficient (Wildman–Crippen LogP) is 4.11. The molecule has 1 heterocycles. The van der Waals surface area contributed by atoms with Crippen molar-refractivity contribution in [3.63, 3.8) is 0 Å². The van der Waals surface area contributed by atoms with Crippen LogP contribution >= 0.6 is 0 Å². The third-order valence-electron chi connectivity index (χ3n) is 4.74. The molecule has 0 fully saturated rings. The topological polar surface area (TPSA) is 56.8 Å². The number of hydrogen-bond acceptors (Lipinski definition) is 4. The Balaban J connectivity index is 1.29. The summed E-state index contributed by atoms with van der Waals surface area (Å²) in [4.78, 5) is 12.6. The molecule has 1 aliphatic rings. The molecule has 0 bridgehead atoms. The smallest absolute Gasteiger partial charge is 0.265 e. The van der Waals surface area contributed by atoms with Crippen LogP contribution < -0.4 is 19.5 Å². The van der Waals surface area contributed by atoms with Gasteiger partial charge in [0.1, 0.15) is 18.5 Å². The summed E-state index contributed by atoms with van der Waals surface area (Å²) in [7, 11) is 0. The van der Waals surface area contributed by atoms with Crippen molar-refractivity contribution in [1.29, 1.82) is 0 Å². The lowest BCUT2D eigenvalue weighted by Gasteiger charge is -2.31. The Labute approximate surface area is 170 Å². The van der Waals surface area contributed by atoms with Crippen LogP contribution in [0.5, 0.6) is 17.2 Å². The highest BCUT2D eigenvalue weighted by molar-refractivity contribution is 5.82. The highest BCUT2D eigenvalue weighted by Crippen LogP contribution is 2.33. The van der Waals surface area contributed by atoms with E-state index in [1.165, 1.54) is 0 Å². The summed E-state index contributed by atoms with van der Waals surface area (Å²) in [5, 5.41) is 2.92. The summed E-state index contributed by atoms with van der Waals surface area (Å²) in [6.45, 7) is 2.76. The van der Waals surface area contributed by atoms with Crippen LogP contribution in [0.4, 0.5) is 0 Å². The molecule has 5 nitrogen and oxygen atoms in total. The molecular formula is C24H23NO4. The molecule has 2 unspecified atom stereocenters. The Morgan fingerprint density at radius 2 is 1.52 bits per heavy atom. The van der Waals surface area contributed by atoms with Crippen molar-refractivity contribution in [3.8, 4) is 17.2 Å². The van der Waals surface area contributed by atoms with E-state index < -0.39 is 6.10 Å². The van der Waals surface area contributed by atoms with Crippen LogP contribution in [-0.2, 0) is 17.9 Å². The molecule has 1 N–H and O–H groups in total. The van der Waals surface area contributed by atoms with Crippen molar-refractivity contribution < 1.29 is 19.0 Å². The Bertz CT molecular complexity index is 956. The molecule has 3 aromatic carbocycles. The van der Waals surface area contributed by atoms with E-state index in [4.69, 9.17) is 14.2 Å². The first kappa shape index (κ1) is 18.9. The van der Waals surface area contributed by atoms with Crippen LogP contribution in [-0.4, -0.2) is 18.1 Å². The van der Waals surface area contributed by atoms with Crippen LogP contribution in [0, 0.1) is 0 Å². The van der Waals surface area contributed by atoms with E-state index in [0.29, 0.717) is 24.7 Å². The largest absolute Gasteiger partial charge is 0.489 e. The molecule has 1 aliphatic heterocycles. The van der Waals surface area contributed by atoms with Crippen LogP contribution in [0.25, 0.3) is 0 Å². The minimum atomic E-state index is -0.682. The van der Waals surface area contributed by atoms with Gasteiger partial charge in [-0.15, -0.1) is 0 Å². The number of carbonyl (C=O) groups excluding carboxylic acids is 1. The normalized spacial score (nSPS) is 17.4. The Morgan fingerprint density at radius 1 is 0.862 bits per heavy atom. The number of amides is 1. The number of carbonyl (C=O) groups is 1. The number of para-hydroxylation sites is 2. The van der Waals surface area contributed by atoms with Crippen molar-refractivity contribution >= 4 is 5.91 Å². The third-order valence-corrected chi connectivity index (χ3v) is 4.74. The van der Waals surface area contributed by atoms with E-state index in [1.807, 2.05) is 79.7 Å². The molecule has 0 saturated carbocycles. The first-order valence-electron chi connectivity index (χ1n) is 9.65. The van der Waals surface area contributed by atoms with E-state index in [-0.39, 0.29) is 12.0 Å². The van der Waals surface area contributed by atoms with E-state index in [9.17, 15) is 4.79 Å². The standard InChI is InChI=1S/C24H23NO4/c1-17-23(29-22-10-6-5-9-21(22)28-17)24(26)25-15-18-11-13-20(14-12-18)27-16-19-7-3-2-4-8-19/h2-14,17,23H,15-16H2,1H3,(H,25,26). The molecule has 148 valence electrons. The van der Waals surface area contributed by atoms with Gasteiger partial charge < -0.3 is 19.5 Å². The van der Waals surface area contributed by atoms with Gasteiger partial charge in [0.25, 0.3) is 5.91 Å². The second kappa shape index (κ2) is 8.69. The summed E-state index contributed by atoms with van der Waals surface area (Å²) >= 11 is 0. The predicted molar refractivity (Wildman–Crippen MR) is 110 cm³/mol. The molecule has 2 atom stereocenters. The van der Waals surface area contributed by atoms with Crippen LogP contribution in [0.3, 0.4) is 0 Å². The SMILES string of the molecule is CC1Oc2ccccc2OC1C(=O)NCc1ccc(OCc2ccccc2)cc1. The monoisotopic (exact) mass is 389 g/mol. The molecule has 0 aromatic heterocycles. The lowest BCUT2D eigenvalue weighted by molar-refractivity contribution is -0.133. The van der Waals surface area contributed by atoms with Gasteiger partial charge in [0.05, 0.1) is 0 Å². The molecule has 1 amide bonds. The molecule has 0 saturated heterocycles. The van der Waals surface area contributed by atoms with Crippen molar-refractivity contribution in [2.24, 2.45) is 0 Å². The van der Waals surface area contributed by atoms with Crippen molar-refractivity contribution in [2.45, 2.75) is 32.3 Å². The highest BCUT2D eigenvalue weighted by Gasteiger charge is 2.33. The van der Waals surface area contributed by atoms with Gasteiger partial charge in [-0.3, -0.25) is 4.79 Å². The van der Waals surface area contributed by atoms with Gasteiger partial charge in [-0.25, -0.2) is 0 Å². The zero-order valence-electron chi connectivity index (χ0n) is 16.2. The van der Waals surface area contributed by atoms with Gasteiger partial charge in [0.15, 0.2) is 11.5 Å². The second-order valence-electron chi connectivity index (χ2n) is 6.94. The third kappa shape index (κ3) is 4.69. The number of benzene rings is 3. The van der Waals surface area contributed by atoms with Crippen molar-refractivity contribution in [3.05, 3.63) is 90.0 Å². The van der Waals surface area contributed by atoms with Gasteiger partial charge >= 0.3 is 0 Å². The molecule has 0 radical (unpaired) electrons. The van der Waals surface area contributed by atoms with Crippen LogP contribution in [0.15, 0.2) is 78.9 Å². The minimum absolute atomic E-state index is 0.198. The van der Waals surface area contributed by atoms with Gasteiger partial charge in [0.2, 0.25) is 6.10 Å². The maximum Gasteiger partial charge on any atom is 0.265 e. The van der Waals surface area contributed by atoms with E-state index >= 15 is 0 Å².